The normalized spacial score (nSPS) is 13.9. The number of hydrogen-bond donors (Lipinski definition) is 0. The minimum atomic E-state index is -0.490. The fourth-order valence-electron chi connectivity index (χ4n) is 3.51. The van der Waals surface area contributed by atoms with E-state index in [1.54, 1.807) is 12.1 Å². The van der Waals surface area contributed by atoms with Gasteiger partial charge in [0.25, 0.3) is 0 Å². The van der Waals surface area contributed by atoms with Gasteiger partial charge in [0.05, 0.1) is 19.8 Å². The molecular formula is C29H29NO6. The molecule has 3 aromatic carbocycles. The van der Waals surface area contributed by atoms with Gasteiger partial charge in [-0.15, -0.1) is 0 Å². The molecule has 3 aromatic rings. The Morgan fingerprint density at radius 2 is 1.64 bits per heavy atom. The maximum Gasteiger partial charge on any atom is 0.363 e. The lowest BCUT2D eigenvalue weighted by atomic mass is 10.1. The molecule has 0 atom stereocenters. The van der Waals surface area contributed by atoms with Crippen LogP contribution in [-0.4, -0.2) is 44.9 Å². The summed E-state index contributed by atoms with van der Waals surface area (Å²) in [5, 5.41) is 0. The van der Waals surface area contributed by atoms with Crippen LogP contribution in [0.3, 0.4) is 0 Å². The first kappa shape index (κ1) is 25.0. The average molecular weight is 488 g/mol. The first-order valence-corrected chi connectivity index (χ1v) is 11.9. The molecule has 7 nitrogen and oxygen atoms in total. The monoisotopic (exact) mass is 487 g/mol. The van der Waals surface area contributed by atoms with E-state index in [1.807, 2.05) is 80.6 Å². The quantitative estimate of drug-likeness (QED) is 0.198. The zero-order valence-electron chi connectivity index (χ0n) is 20.4. The molecule has 0 amide bonds. The zero-order valence-corrected chi connectivity index (χ0v) is 20.4. The number of cyclic esters (lactones) is 1. The number of carbonyl (C=O) groups is 1. The Labute approximate surface area is 210 Å². The summed E-state index contributed by atoms with van der Waals surface area (Å²) in [5.74, 6) is 1.81. The molecule has 0 saturated carbocycles. The lowest BCUT2D eigenvalue weighted by Gasteiger charge is -2.13. The van der Waals surface area contributed by atoms with Gasteiger partial charge in [-0.05, 0) is 67.4 Å². The van der Waals surface area contributed by atoms with Gasteiger partial charge in [-0.2, -0.15) is 0 Å². The van der Waals surface area contributed by atoms with Crippen LogP contribution in [0.5, 0.6) is 17.2 Å². The molecule has 0 spiro atoms. The van der Waals surface area contributed by atoms with E-state index < -0.39 is 5.97 Å². The van der Waals surface area contributed by atoms with E-state index in [-0.39, 0.29) is 5.70 Å². The summed E-state index contributed by atoms with van der Waals surface area (Å²) < 4.78 is 28.2. The van der Waals surface area contributed by atoms with Crippen LogP contribution in [0.25, 0.3) is 6.08 Å². The number of carbonyl (C=O) groups excluding carboxylic acids is 1. The molecule has 4 rings (SSSR count). The first-order chi connectivity index (χ1) is 17.6. The van der Waals surface area contributed by atoms with Crippen molar-refractivity contribution in [2.75, 3.05) is 33.0 Å². The summed E-state index contributed by atoms with van der Waals surface area (Å²) >= 11 is 0. The maximum absolute atomic E-state index is 12.3. The van der Waals surface area contributed by atoms with Crippen molar-refractivity contribution in [3.05, 3.63) is 95.2 Å². The Bertz CT molecular complexity index is 1240. The minimum absolute atomic E-state index is 0.228. The van der Waals surface area contributed by atoms with E-state index in [4.69, 9.17) is 23.7 Å². The molecule has 0 radical (unpaired) electrons. The van der Waals surface area contributed by atoms with E-state index in [1.165, 1.54) is 0 Å². The zero-order chi connectivity index (χ0) is 25.2. The lowest BCUT2D eigenvalue weighted by Crippen LogP contribution is -2.12. The number of rotatable bonds is 12. The van der Waals surface area contributed by atoms with Crippen LogP contribution in [0.2, 0.25) is 0 Å². The van der Waals surface area contributed by atoms with Crippen molar-refractivity contribution in [1.29, 1.82) is 0 Å². The molecule has 0 aromatic heterocycles. The molecule has 0 N–H and O–H groups in total. The highest BCUT2D eigenvalue weighted by molar-refractivity contribution is 6.12. The molecule has 7 heteroatoms. The molecule has 1 heterocycles. The number of aryl methyl sites for hydroxylation is 1. The fourth-order valence-corrected chi connectivity index (χ4v) is 3.51. The van der Waals surface area contributed by atoms with Crippen LogP contribution in [0.1, 0.15) is 23.6 Å². The third-order valence-electron chi connectivity index (χ3n) is 5.18. The number of nitrogens with zero attached hydrogens (tertiary/aromatic N) is 1. The molecule has 36 heavy (non-hydrogen) atoms. The first-order valence-electron chi connectivity index (χ1n) is 11.9. The van der Waals surface area contributed by atoms with Crippen molar-refractivity contribution in [2.45, 2.75) is 13.8 Å². The van der Waals surface area contributed by atoms with Crippen molar-refractivity contribution in [1.82, 2.24) is 0 Å². The summed E-state index contributed by atoms with van der Waals surface area (Å²) in [6, 6.07) is 22.7. The van der Waals surface area contributed by atoms with Gasteiger partial charge in [0.1, 0.15) is 19.0 Å². The Morgan fingerprint density at radius 3 is 2.42 bits per heavy atom. The predicted octanol–water partition coefficient (Wildman–Crippen LogP) is 5.21. The second-order valence-corrected chi connectivity index (χ2v) is 7.97. The van der Waals surface area contributed by atoms with E-state index in [0.717, 1.165) is 22.4 Å². The summed E-state index contributed by atoms with van der Waals surface area (Å²) in [5.41, 5.74) is 2.88. The van der Waals surface area contributed by atoms with Gasteiger partial charge in [-0.1, -0.05) is 36.4 Å². The van der Waals surface area contributed by atoms with E-state index in [2.05, 4.69) is 4.99 Å². The Morgan fingerprint density at radius 1 is 0.833 bits per heavy atom. The predicted molar refractivity (Wildman–Crippen MR) is 138 cm³/mol. The van der Waals surface area contributed by atoms with Crippen LogP contribution in [0.4, 0.5) is 0 Å². The smallest absolute Gasteiger partial charge is 0.363 e. The molecular weight excluding hydrogens is 458 g/mol. The second-order valence-electron chi connectivity index (χ2n) is 7.97. The Balaban J connectivity index is 1.30. The molecule has 0 saturated heterocycles. The minimum Gasteiger partial charge on any atom is -0.491 e. The second kappa shape index (κ2) is 12.6. The number of benzene rings is 3. The van der Waals surface area contributed by atoms with Gasteiger partial charge in [-0.3, -0.25) is 0 Å². The number of esters is 1. The summed E-state index contributed by atoms with van der Waals surface area (Å²) in [6.45, 7) is 6.11. The topological polar surface area (TPSA) is 75.6 Å². The largest absolute Gasteiger partial charge is 0.491 e. The van der Waals surface area contributed by atoms with Crippen molar-refractivity contribution < 1.29 is 28.5 Å². The standard InChI is InChI=1S/C29H29NO6/c1-3-33-27-20-22(19-25-29(31)36-28(30-25)23-9-5-4-6-10-23)12-13-26(27)35-17-15-32-14-16-34-24-11-7-8-21(2)18-24/h4-13,18-20H,3,14-17H2,1-2H3. The summed E-state index contributed by atoms with van der Waals surface area (Å²) in [4.78, 5) is 16.6. The van der Waals surface area contributed by atoms with Gasteiger partial charge in [0.2, 0.25) is 5.90 Å². The summed E-state index contributed by atoms with van der Waals surface area (Å²) in [7, 11) is 0. The van der Waals surface area contributed by atoms with E-state index in [0.29, 0.717) is 50.4 Å². The van der Waals surface area contributed by atoms with Gasteiger partial charge >= 0.3 is 5.97 Å². The van der Waals surface area contributed by atoms with Crippen molar-refractivity contribution in [3.63, 3.8) is 0 Å². The van der Waals surface area contributed by atoms with Gasteiger partial charge in [-0.25, -0.2) is 9.79 Å². The highest BCUT2D eigenvalue weighted by atomic mass is 16.6. The molecule has 1 aliphatic heterocycles. The van der Waals surface area contributed by atoms with Gasteiger partial charge in [0.15, 0.2) is 17.2 Å². The van der Waals surface area contributed by atoms with E-state index >= 15 is 0 Å². The van der Waals surface area contributed by atoms with Crippen molar-refractivity contribution in [3.8, 4) is 17.2 Å². The molecule has 0 bridgehead atoms. The van der Waals surface area contributed by atoms with Crippen LogP contribution in [0, 0.1) is 6.92 Å². The fraction of sp³-hybridized carbons (Fsp3) is 0.241. The number of hydrogen-bond acceptors (Lipinski definition) is 7. The highest BCUT2D eigenvalue weighted by Crippen LogP contribution is 2.30. The van der Waals surface area contributed by atoms with Crippen LogP contribution in [0.15, 0.2) is 83.5 Å². The third-order valence-corrected chi connectivity index (χ3v) is 5.18. The third kappa shape index (κ3) is 6.96. The lowest BCUT2D eigenvalue weighted by molar-refractivity contribution is -0.129. The van der Waals surface area contributed by atoms with Gasteiger partial charge in [0, 0.05) is 5.56 Å². The molecule has 0 unspecified atom stereocenters. The Kier molecular flexibility index (Phi) is 8.72. The molecule has 186 valence electrons. The Hall–Kier alpha value is -4.10. The molecule has 1 aliphatic rings. The van der Waals surface area contributed by atoms with Gasteiger partial charge < -0.3 is 23.7 Å². The van der Waals surface area contributed by atoms with Crippen LogP contribution >= 0.6 is 0 Å². The van der Waals surface area contributed by atoms with Crippen LogP contribution < -0.4 is 14.2 Å². The van der Waals surface area contributed by atoms with Crippen LogP contribution in [-0.2, 0) is 14.3 Å². The SMILES string of the molecule is CCOc1cc(C=C2N=C(c3ccccc3)OC2=O)ccc1OCCOCCOc1cccc(C)c1. The molecule has 0 aliphatic carbocycles. The highest BCUT2D eigenvalue weighted by Gasteiger charge is 2.24. The van der Waals surface area contributed by atoms with E-state index in [9.17, 15) is 4.79 Å². The average Bonchev–Trinajstić information content (AvgIpc) is 3.25. The van der Waals surface area contributed by atoms with Crippen molar-refractivity contribution >= 4 is 17.9 Å². The number of ether oxygens (including phenoxy) is 5. The van der Waals surface area contributed by atoms with Crippen molar-refractivity contribution in [2.24, 2.45) is 4.99 Å². The number of aliphatic imine (C=N–C) groups is 1. The molecule has 0 fully saturated rings. The maximum atomic E-state index is 12.3. The summed E-state index contributed by atoms with van der Waals surface area (Å²) in [6.07, 6.45) is 1.67.